The summed E-state index contributed by atoms with van der Waals surface area (Å²) in [6.45, 7) is 6.36. The Morgan fingerprint density at radius 2 is 1.00 bits per heavy atom. The first kappa shape index (κ1) is 22.5. The van der Waals surface area contributed by atoms with Crippen LogP contribution in [0.25, 0.3) is 0 Å². The van der Waals surface area contributed by atoms with Crippen LogP contribution in [0.3, 0.4) is 0 Å². The van der Waals surface area contributed by atoms with Crippen LogP contribution < -0.4 is 9.60 Å². The summed E-state index contributed by atoms with van der Waals surface area (Å²) in [7, 11) is 0. The minimum Gasteiger partial charge on any atom is -0.323 e. The molecule has 0 unspecified atom stereocenters. The molecule has 4 aromatic rings. The molecule has 0 aliphatic carbocycles. The lowest BCUT2D eigenvalue weighted by Gasteiger charge is -2.05. The summed E-state index contributed by atoms with van der Waals surface area (Å²) in [6.07, 6.45) is 9.25. The van der Waals surface area contributed by atoms with Crippen molar-refractivity contribution >= 4 is 34.0 Å². The van der Waals surface area contributed by atoms with Crippen molar-refractivity contribution in [2.24, 2.45) is 9.98 Å². The first-order chi connectivity index (χ1) is 15.7. The lowest BCUT2D eigenvalue weighted by atomic mass is 10.2. The van der Waals surface area contributed by atoms with E-state index in [4.69, 9.17) is 9.98 Å². The second-order valence-electron chi connectivity index (χ2n) is 7.94. The summed E-state index contributed by atoms with van der Waals surface area (Å²) in [6, 6.07) is 20.4. The minimum absolute atomic E-state index is 1.02. The third kappa shape index (κ3) is 6.40. The summed E-state index contributed by atoms with van der Waals surface area (Å²) in [5, 5.41) is 0. The topological polar surface area (TPSA) is 34.6 Å². The van der Waals surface area contributed by atoms with E-state index in [1.165, 1.54) is 35.4 Å². The summed E-state index contributed by atoms with van der Waals surface area (Å²) in [5.74, 6) is 0. The Labute approximate surface area is 197 Å². The van der Waals surface area contributed by atoms with Crippen LogP contribution in [0.1, 0.15) is 35.4 Å². The number of hydrogen-bond donors (Lipinski definition) is 0. The van der Waals surface area contributed by atoms with Crippen molar-refractivity contribution < 1.29 is 0 Å². The van der Waals surface area contributed by atoms with Gasteiger partial charge in [0.2, 0.25) is 0 Å². The molecule has 0 spiro atoms. The Kier molecular flexibility index (Phi) is 7.91. The molecule has 0 radical (unpaired) electrons. The van der Waals surface area contributed by atoms with Crippen molar-refractivity contribution in [1.29, 1.82) is 0 Å². The maximum Gasteiger partial charge on any atom is 0.190 e. The maximum atomic E-state index is 4.83. The summed E-state index contributed by atoms with van der Waals surface area (Å²) < 4.78 is 4.61. The first-order valence-electron chi connectivity index (χ1n) is 11.2. The Morgan fingerprint density at radius 1 is 0.594 bits per heavy atom. The molecule has 0 bridgehead atoms. The highest BCUT2D eigenvalue weighted by Gasteiger charge is 2.02. The molecular formula is C26H30N4S2. The van der Waals surface area contributed by atoms with Gasteiger partial charge in [-0.3, -0.25) is 0 Å². The largest absolute Gasteiger partial charge is 0.323 e. The van der Waals surface area contributed by atoms with Crippen molar-refractivity contribution in [3.63, 3.8) is 0 Å². The van der Waals surface area contributed by atoms with Gasteiger partial charge in [0.25, 0.3) is 0 Å². The van der Waals surface area contributed by atoms with E-state index in [9.17, 15) is 0 Å². The van der Waals surface area contributed by atoms with Gasteiger partial charge in [-0.05, 0) is 51.0 Å². The van der Waals surface area contributed by atoms with E-state index in [1.54, 1.807) is 22.7 Å². The van der Waals surface area contributed by atoms with Crippen LogP contribution in [0, 0.1) is 13.8 Å². The molecule has 32 heavy (non-hydrogen) atoms. The SMILES string of the molecule is Cc1cn(CCCCCCn2cc(C)sc2=Nc2ccccc2)c(=Nc2ccccc2)s1. The number of nitrogens with zero attached hydrogens (tertiary/aromatic N) is 4. The van der Waals surface area contributed by atoms with Gasteiger partial charge < -0.3 is 9.13 Å². The summed E-state index contributed by atoms with van der Waals surface area (Å²) in [4.78, 5) is 14.4. The van der Waals surface area contributed by atoms with Crippen LogP contribution in [0.15, 0.2) is 83.0 Å². The van der Waals surface area contributed by atoms with E-state index >= 15 is 0 Å². The van der Waals surface area contributed by atoms with Gasteiger partial charge in [-0.1, -0.05) is 49.2 Å². The molecule has 0 atom stereocenters. The van der Waals surface area contributed by atoms with Crippen molar-refractivity contribution in [1.82, 2.24) is 9.13 Å². The molecule has 2 aromatic carbocycles. The highest BCUT2D eigenvalue weighted by Crippen LogP contribution is 2.13. The predicted octanol–water partition coefficient (Wildman–Crippen LogP) is 6.75. The van der Waals surface area contributed by atoms with Gasteiger partial charge in [0.05, 0.1) is 11.4 Å². The second-order valence-corrected chi connectivity index (χ2v) is 10.4. The van der Waals surface area contributed by atoms with Crippen LogP contribution >= 0.6 is 22.7 Å². The standard InChI is InChI=1S/C26H30N4S2/c1-21-19-29(25(31-21)27-23-13-7-5-8-14-23)17-11-3-4-12-18-30-20-22(2)32-26(30)28-24-15-9-6-10-16-24/h5-10,13-16,19-20H,3-4,11-12,17-18H2,1-2H3. The van der Waals surface area contributed by atoms with Crippen molar-refractivity contribution in [3.05, 3.63) is 92.4 Å². The van der Waals surface area contributed by atoms with E-state index in [1.807, 2.05) is 36.4 Å². The molecule has 0 fully saturated rings. The fourth-order valence-corrected chi connectivity index (χ4v) is 5.41. The maximum absolute atomic E-state index is 4.83. The van der Waals surface area contributed by atoms with E-state index in [2.05, 4.69) is 59.6 Å². The minimum atomic E-state index is 1.02. The number of benzene rings is 2. The number of aryl methyl sites for hydroxylation is 4. The van der Waals surface area contributed by atoms with Gasteiger partial charge >= 0.3 is 0 Å². The Bertz CT molecular complexity index is 1140. The molecule has 2 heterocycles. The summed E-state index contributed by atoms with van der Waals surface area (Å²) >= 11 is 3.53. The molecule has 0 aliphatic rings. The molecule has 0 saturated heterocycles. The van der Waals surface area contributed by atoms with Crippen LogP contribution in [0.4, 0.5) is 11.4 Å². The van der Waals surface area contributed by atoms with Crippen LogP contribution in [0.2, 0.25) is 0 Å². The van der Waals surface area contributed by atoms with E-state index < -0.39 is 0 Å². The fourth-order valence-electron chi connectivity index (χ4n) is 3.65. The number of aromatic nitrogens is 2. The van der Waals surface area contributed by atoms with E-state index in [0.717, 1.165) is 34.1 Å². The van der Waals surface area contributed by atoms with E-state index in [0.29, 0.717) is 0 Å². The molecule has 6 heteroatoms. The average molecular weight is 463 g/mol. The zero-order valence-corrected chi connectivity index (χ0v) is 20.4. The van der Waals surface area contributed by atoms with Gasteiger partial charge in [0.15, 0.2) is 9.60 Å². The van der Waals surface area contributed by atoms with Gasteiger partial charge in [-0.2, -0.15) is 0 Å². The number of hydrogen-bond acceptors (Lipinski definition) is 4. The third-order valence-electron chi connectivity index (χ3n) is 5.18. The van der Waals surface area contributed by atoms with Crippen LogP contribution in [-0.2, 0) is 13.1 Å². The first-order valence-corrected chi connectivity index (χ1v) is 12.8. The zero-order valence-electron chi connectivity index (χ0n) is 18.8. The number of para-hydroxylation sites is 2. The molecule has 4 rings (SSSR count). The van der Waals surface area contributed by atoms with Gasteiger partial charge in [0.1, 0.15) is 0 Å². The average Bonchev–Trinajstić information content (AvgIpc) is 3.32. The predicted molar refractivity (Wildman–Crippen MR) is 136 cm³/mol. The molecule has 4 nitrogen and oxygen atoms in total. The quantitative estimate of drug-likeness (QED) is 0.246. The molecular weight excluding hydrogens is 432 g/mol. The summed E-state index contributed by atoms with van der Waals surface area (Å²) in [5.41, 5.74) is 2.03. The Balaban J connectivity index is 1.29. The van der Waals surface area contributed by atoms with Crippen LogP contribution in [-0.4, -0.2) is 9.13 Å². The molecule has 0 N–H and O–H groups in total. The Hall–Kier alpha value is -2.70. The normalized spacial score (nSPS) is 12.6. The molecule has 0 aliphatic heterocycles. The highest BCUT2D eigenvalue weighted by molar-refractivity contribution is 7.09. The monoisotopic (exact) mass is 462 g/mol. The van der Waals surface area contributed by atoms with Gasteiger partial charge in [0, 0.05) is 35.2 Å². The smallest absolute Gasteiger partial charge is 0.190 e. The van der Waals surface area contributed by atoms with Crippen molar-refractivity contribution in [3.8, 4) is 0 Å². The number of unbranched alkanes of at least 4 members (excludes halogenated alkanes) is 3. The van der Waals surface area contributed by atoms with Crippen molar-refractivity contribution in [2.75, 3.05) is 0 Å². The van der Waals surface area contributed by atoms with Crippen LogP contribution in [0.5, 0.6) is 0 Å². The number of thiazole rings is 2. The lowest BCUT2D eigenvalue weighted by molar-refractivity contribution is 0.531. The fraction of sp³-hybridized carbons (Fsp3) is 0.308. The number of rotatable bonds is 9. The molecule has 2 aromatic heterocycles. The van der Waals surface area contributed by atoms with Gasteiger partial charge in [-0.15, -0.1) is 22.7 Å². The zero-order chi connectivity index (χ0) is 22.2. The molecule has 0 saturated carbocycles. The highest BCUT2D eigenvalue weighted by atomic mass is 32.1. The third-order valence-corrected chi connectivity index (χ3v) is 7.05. The van der Waals surface area contributed by atoms with Gasteiger partial charge in [-0.25, -0.2) is 9.98 Å². The second kappa shape index (κ2) is 11.2. The Morgan fingerprint density at radius 3 is 1.41 bits per heavy atom. The lowest BCUT2D eigenvalue weighted by Crippen LogP contribution is -2.14. The van der Waals surface area contributed by atoms with Crippen molar-refractivity contribution in [2.45, 2.75) is 52.6 Å². The van der Waals surface area contributed by atoms with E-state index in [-0.39, 0.29) is 0 Å². The molecule has 0 amide bonds. The molecule has 166 valence electrons.